The van der Waals surface area contributed by atoms with Gasteiger partial charge in [0.15, 0.2) is 6.79 Å². The molecule has 2 unspecified atom stereocenters. The number of para-hydroxylation sites is 1. The molecule has 3 nitrogen and oxygen atoms in total. The summed E-state index contributed by atoms with van der Waals surface area (Å²) in [5.74, 6) is 0.931. The van der Waals surface area contributed by atoms with Crippen LogP contribution in [0.3, 0.4) is 0 Å². The molecule has 4 heteroatoms. The average molecular weight is 402 g/mol. The van der Waals surface area contributed by atoms with E-state index in [9.17, 15) is 0 Å². The number of hydrogen-bond acceptors (Lipinski definition) is 3. The predicted molar refractivity (Wildman–Crippen MR) is 122 cm³/mol. The monoisotopic (exact) mass is 401 g/mol. The molecule has 0 bridgehead atoms. The maximum atomic E-state index is 5.91. The lowest BCUT2D eigenvalue weighted by Crippen LogP contribution is -2.27. The van der Waals surface area contributed by atoms with Crippen molar-refractivity contribution in [1.82, 2.24) is 4.90 Å². The van der Waals surface area contributed by atoms with Gasteiger partial charge in [0.2, 0.25) is 0 Å². The minimum absolute atomic E-state index is 0.0223. The molecule has 0 aromatic heterocycles. The van der Waals surface area contributed by atoms with Gasteiger partial charge in [-0.3, -0.25) is 4.90 Å². The van der Waals surface area contributed by atoms with Crippen LogP contribution in [-0.4, -0.2) is 31.9 Å². The highest BCUT2D eigenvalue weighted by atomic mass is 31.1. The van der Waals surface area contributed by atoms with Crippen molar-refractivity contribution < 1.29 is 9.47 Å². The van der Waals surface area contributed by atoms with Crippen molar-refractivity contribution in [1.29, 1.82) is 0 Å². The molecule has 0 saturated carbocycles. The summed E-state index contributed by atoms with van der Waals surface area (Å²) in [5, 5.41) is 1.52. The highest BCUT2D eigenvalue weighted by Crippen LogP contribution is 2.48. The van der Waals surface area contributed by atoms with Crippen LogP contribution in [0.5, 0.6) is 5.75 Å². The fraction of sp³-hybridized carbons (Fsp3) is 0.500. The summed E-state index contributed by atoms with van der Waals surface area (Å²) >= 11 is 0. The van der Waals surface area contributed by atoms with Crippen LogP contribution in [0.1, 0.15) is 50.8 Å². The van der Waals surface area contributed by atoms with Crippen LogP contribution >= 0.6 is 8.58 Å². The van der Waals surface area contributed by atoms with E-state index in [4.69, 9.17) is 9.47 Å². The molecular formula is C24H36NO2P. The van der Waals surface area contributed by atoms with Gasteiger partial charge >= 0.3 is 0 Å². The second-order valence-corrected chi connectivity index (χ2v) is 9.28. The van der Waals surface area contributed by atoms with Crippen LogP contribution in [0.25, 0.3) is 0 Å². The number of nitrogens with zero attached hydrogens (tertiary/aromatic N) is 1. The van der Waals surface area contributed by atoms with Crippen molar-refractivity contribution in [3.63, 3.8) is 0 Å². The Labute approximate surface area is 173 Å². The topological polar surface area (TPSA) is 21.7 Å². The van der Waals surface area contributed by atoms with Crippen LogP contribution in [0.15, 0.2) is 42.5 Å². The third-order valence-corrected chi connectivity index (χ3v) is 7.71. The highest BCUT2D eigenvalue weighted by Gasteiger charge is 2.30. The van der Waals surface area contributed by atoms with Gasteiger partial charge in [-0.25, -0.2) is 0 Å². The van der Waals surface area contributed by atoms with Gasteiger partial charge in [0.1, 0.15) is 5.75 Å². The third kappa shape index (κ3) is 5.56. The molecule has 2 atom stereocenters. The predicted octanol–water partition coefficient (Wildman–Crippen LogP) is 5.45. The van der Waals surface area contributed by atoms with E-state index >= 15 is 0 Å². The van der Waals surface area contributed by atoms with Crippen LogP contribution in [0, 0.1) is 6.92 Å². The standard InChI is InChI=1S/C24H36NO2P/c1-7-24(5,21-15-10-11-16-22(21)27-18-26-6)28-23-19(4)13-12-14-20(23)17-25(8-2)9-3/h10-16,28H,7-9,17-18H2,1-6H3. The first-order valence-electron chi connectivity index (χ1n) is 10.3. The Morgan fingerprint density at radius 1 is 1.00 bits per heavy atom. The lowest BCUT2D eigenvalue weighted by molar-refractivity contribution is 0.0500. The fourth-order valence-electron chi connectivity index (χ4n) is 3.52. The molecule has 0 aliphatic heterocycles. The zero-order valence-corrected chi connectivity index (χ0v) is 19.3. The van der Waals surface area contributed by atoms with Gasteiger partial charge < -0.3 is 9.47 Å². The largest absolute Gasteiger partial charge is 0.467 e. The minimum atomic E-state index is 0.0223. The number of aryl methyl sites for hydroxylation is 1. The molecular weight excluding hydrogens is 365 g/mol. The van der Waals surface area contributed by atoms with Crippen molar-refractivity contribution in [3.8, 4) is 5.75 Å². The molecule has 2 aromatic carbocycles. The fourth-order valence-corrected chi connectivity index (χ4v) is 5.19. The van der Waals surface area contributed by atoms with E-state index < -0.39 is 0 Å². The summed E-state index contributed by atoms with van der Waals surface area (Å²) in [6.45, 7) is 14.8. The Morgan fingerprint density at radius 2 is 1.71 bits per heavy atom. The third-order valence-electron chi connectivity index (χ3n) is 5.57. The van der Waals surface area contributed by atoms with E-state index in [-0.39, 0.29) is 11.9 Å². The van der Waals surface area contributed by atoms with Crippen LogP contribution in [0.4, 0.5) is 0 Å². The average Bonchev–Trinajstić information content (AvgIpc) is 2.72. The number of methoxy groups -OCH3 is 1. The van der Waals surface area contributed by atoms with E-state index in [1.54, 1.807) is 7.11 Å². The Kier molecular flexibility index (Phi) is 8.95. The molecule has 0 fully saturated rings. The van der Waals surface area contributed by atoms with E-state index in [0.29, 0.717) is 8.58 Å². The lowest BCUT2D eigenvalue weighted by Gasteiger charge is -2.33. The van der Waals surface area contributed by atoms with E-state index in [1.807, 2.05) is 6.07 Å². The van der Waals surface area contributed by atoms with Crippen LogP contribution < -0.4 is 10.0 Å². The SMILES string of the molecule is CCN(CC)Cc1cccc(C)c1PC(C)(CC)c1ccccc1OCOC. The summed E-state index contributed by atoms with van der Waals surface area (Å²) in [6, 6.07) is 15.2. The van der Waals surface area contributed by atoms with E-state index in [1.165, 1.54) is 22.0 Å². The van der Waals surface area contributed by atoms with Crippen molar-refractivity contribution in [2.24, 2.45) is 0 Å². The smallest absolute Gasteiger partial charge is 0.188 e. The Morgan fingerprint density at radius 3 is 2.36 bits per heavy atom. The number of ether oxygens (including phenoxy) is 2. The van der Waals surface area contributed by atoms with Gasteiger partial charge in [0.05, 0.1) is 0 Å². The molecule has 0 heterocycles. The van der Waals surface area contributed by atoms with E-state index in [0.717, 1.165) is 31.8 Å². The zero-order valence-electron chi connectivity index (χ0n) is 18.3. The molecule has 0 saturated heterocycles. The summed E-state index contributed by atoms with van der Waals surface area (Å²) in [7, 11) is 2.34. The maximum Gasteiger partial charge on any atom is 0.188 e. The first kappa shape index (κ1) is 22.9. The van der Waals surface area contributed by atoms with E-state index in [2.05, 4.69) is 75.9 Å². The molecule has 0 aliphatic rings. The molecule has 154 valence electrons. The summed E-state index contributed by atoms with van der Waals surface area (Å²) in [6.07, 6.45) is 1.05. The lowest BCUT2D eigenvalue weighted by atomic mass is 9.96. The molecule has 0 radical (unpaired) electrons. The number of rotatable bonds is 11. The van der Waals surface area contributed by atoms with Gasteiger partial charge in [0.25, 0.3) is 0 Å². The first-order chi connectivity index (χ1) is 13.5. The number of hydrogen-bond donors (Lipinski definition) is 0. The molecule has 2 rings (SSSR count). The van der Waals surface area contributed by atoms with Crippen molar-refractivity contribution >= 4 is 13.9 Å². The van der Waals surface area contributed by atoms with Gasteiger partial charge in [0, 0.05) is 24.4 Å². The van der Waals surface area contributed by atoms with Gasteiger partial charge in [-0.05, 0) is 48.9 Å². The normalized spacial score (nSPS) is 14.0. The first-order valence-corrected chi connectivity index (χ1v) is 11.3. The van der Waals surface area contributed by atoms with Crippen molar-refractivity contribution in [3.05, 3.63) is 59.2 Å². The Bertz CT molecular complexity index is 745. The minimum Gasteiger partial charge on any atom is -0.467 e. The highest BCUT2D eigenvalue weighted by molar-refractivity contribution is 7.48. The summed E-state index contributed by atoms with van der Waals surface area (Å²) in [5.41, 5.74) is 4.11. The molecule has 28 heavy (non-hydrogen) atoms. The zero-order chi connectivity index (χ0) is 20.6. The Balaban J connectivity index is 2.42. The second kappa shape index (κ2) is 11.0. The molecule has 0 spiro atoms. The Hall–Kier alpha value is -1.41. The molecule has 0 N–H and O–H groups in total. The summed E-state index contributed by atoms with van der Waals surface area (Å²) in [4.78, 5) is 2.49. The molecule has 2 aromatic rings. The van der Waals surface area contributed by atoms with Gasteiger partial charge in [-0.2, -0.15) is 0 Å². The van der Waals surface area contributed by atoms with Crippen LogP contribution in [-0.2, 0) is 16.4 Å². The van der Waals surface area contributed by atoms with Crippen LogP contribution in [0.2, 0.25) is 0 Å². The maximum absolute atomic E-state index is 5.91. The van der Waals surface area contributed by atoms with Crippen molar-refractivity contribution in [2.45, 2.75) is 52.7 Å². The van der Waals surface area contributed by atoms with Crippen molar-refractivity contribution in [2.75, 3.05) is 27.0 Å². The number of benzene rings is 2. The van der Waals surface area contributed by atoms with Gasteiger partial charge in [-0.15, -0.1) is 0 Å². The second-order valence-electron chi connectivity index (χ2n) is 7.43. The van der Waals surface area contributed by atoms with Gasteiger partial charge in [-0.1, -0.05) is 72.7 Å². The summed E-state index contributed by atoms with van der Waals surface area (Å²) < 4.78 is 11.1. The molecule has 0 aliphatic carbocycles. The quantitative estimate of drug-likeness (QED) is 0.369. The molecule has 0 amide bonds.